The highest BCUT2D eigenvalue weighted by Crippen LogP contribution is 2.24. The summed E-state index contributed by atoms with van der Waals surface area (Å²) in [5.41, 5.74) is 5.24. The number of fused-ring (bicyclic) bond motifs is 2. The maximum atomic E-state index is 12.7. The molecule has 0 saturated carbocycles. The Morgan fingerprint density at radius 2 is 1.88 bits per heavy atom. The minimum absolute atomic E-state index is 0.254. The number of nitrogens with zero attached hydrogens (tertiary/aromatic N) is 1. The van der Waals surface area contributed by atoms with Gasteiger partial charge in [-0.05, 0) is 54.4 Å². The van der Waals surface area contributed by atoms with Crippen molar-refractivity contribution >= 4 is 45.3 Å². The zero-order valence-corrected chi connectivity index (χ0v) is 18.6. The van der Waals surface area contributed by atoms with Crippen LogP contribution in [0.4, 0.5) is 0 Å². The number of carbonyl (C=O) groups excluding carboxylic acids is 2. The number of hydrogen-bond acceptors (Lipinski definition) is 4. The first-order chi connectivity index (χ1) is 16.0. The van der Waals surface area contributed by atoms with Crippen molar-refractivity contribution < 1.29 is 14.3 Å². The first kappa shape index (κ1) is 21.0. The number of ketones is 1. The van der Waals surface area contributed by atoms with Crippen LogP contribution in [0, 0.1) is 0 Å². The molecule has 7 heteroatoms. The van der Waals surface area contributed by atoms with Crippen LogP contribution in [0.5, 0.6) is 0 Å². The van der Waals surface area contributed by atoms with Crippen molar-refractivity contribution in [3.05, 3.63) is 88.6 Å². The Balaban J connectivity index is 1.32. The molecular weight excluding hydrogens is 438 g/mol. The Labute approximate surface area is 194 Å². The zero-order valence-electron chi connectivity index (χ0n) is 17.8. The highest BCUT2D eigenvalue weighted by molar-refractivity contribution is 6.30. The van der Waals surface area contributed by atoms with Gasteiger partial charge in [-0.2, -0.15) is 0 Å². The van der Waals surface area contributed by atoms with Crippen molar-refractivity contribution in [3.63, 3.8) is 0 Å². The average Bonchev–Trinajstić information content (AvgIpc) is 3.46. The summed E-state index contributed by atoms with van der Waals surface area (Å²) < 4.78 is 5.32. The molecule has 0 aliphatic rings. The molecule has 0 amide bonds. The topological polar surface area (TPSA) is 87.8 Å². The molecule has 0 aliphatic heterocycles. The van der Waals surface area contributed by atoms with Gasteiger partial charge in [-0.1, -0.05) is 36.7 Å². The summed E-state index contributed by atoms with van der Waals surface area (Å²) >= 11 is 5.95. The number of para-hydroxylation sites is 1. The normalized spacial score (nSPS) is 11.2. The molecule has 0 radical (unpaired) electrons. The number of hydrogen-bond donors (Lipinski definition) is 2. The fraction of sp³-hybridized carbons (Fsp3) is 0.115. The predicted octanol–water partition coefficient (Wildman–Crippen LogP) is 5.97. The van der Waals surface area contributed by atoms with Gasteiger partial charge in [0.25, 0.3) is 0 Å². The molecule has 0 aliphatic carbocycles. The van der Waals surface area contributed by atoms with Crippen LogP contribution in [0.15, 0.2) is 66.9 Å². The smallest absolute Gasteiger partial charge is 0.338 e. The van der Waals surface area contributed by atoms with E-state index in [0.717, 1.165) is 34.0 Å². The Morgan fingerprint density at radius 3 is 2.67 bits per heavy atom. The SMILES string of the molecule is CCc1cccc2c(C(=O)COC(=O)c3ccc4nc(-c5ccc(Cl)cc5)[nH]c4c3)c[nH]c12. The zero-order chi connectivity index (χ0) is 22.9. The third-order valence-corrected chi connectivity index (χ3v) is 5.90. The third-order valence-electron chi connectivity index (χ3n) is 5.65. The summed E-state index contributed by atoms with van der Waals surface area (Å²) in [6, 6.07) is 18.2. The number of nitrogens with one attached hydrogen (secondary N) is 2. The number of halogens is 1. The first-order valence-electron chi connectivity index (χ1n) is 10.6. The molecule has 0 fully saturated rings. The van der Waals surface area contributed by atoms with Gasteiger partial charge in [-0.3, -0.25) is 4.79 Å². The molecule has 3 aromatic carbocycles. The van der Waals surface area contributed by atoms with Crippen LogP contribution in [0.1, 0.15) is 33.2 Å². The molecule has 5 rings (SSSR count). The van der Waals surface area contributed by atoms with E-state index in [-0.39, 0.29) is 12.4 Å². The number of carbonyl (C=O) groups is 2. The van der Waals surface area contributed by atoms with Gasteiger partial charge < -0.3 is 14.7 Å². The van der Waals surface area contributed by atoms with Crippen LogP contribution < -0.4 is 0 Å². The first-order valence-corrected chi connectivity index (χ1v) is 11.0. The Morgan fingerprint density at radius 1 is 1.06 bits per heavy atom. The minimum Gasteiger partial charge on any atom is -0.454 e. The fourth-order valence-corrected chi connectivity index (χ4v) is 4.04. The second-order valence-corrected chi connectivity index (χ2v) is 8.16. The van der Waals surface area contributed by atoms with E-state index in [1.165, 1.54) is 0 Å². The highest BCUT2D eigenvalue weighted by Gasteiger charge is 2.17. The van der Waals surface area contributed by atoms with Crippen LogP contribution in [-0.2, 0) is 11.2 Å². The molecule has 5 aromatic rings. The van der Waals surface area contributed by atoms with Crippen LogP contribution >= 0.6 is 11.6 Å². The van der Waals surface area contributed by atoms with E-state index in [2.05, 4.69) is 21.9 Å². The quantitative estimate of drug-likeness (QED) is 0.243. The molecule has 0 bridgehead atoms. The van der Waals surface area contributed by atoms with Crippen LogP contribution in [0.2, 0.25) is 5.02 Å². The minimum atomic E-state index is -0.568. The third kappa shape index (κ3) is 4.01. The van der Waals surface area contributed by atoms with Crippen molar-refractivity contribution in [2.45, 2.75) is 13.3 Å². The van der Waals surface area contributed by atoms with Gasteiger partial charge >= 0.3 is 5.97 Å². The second-order valence-electron chi connectivity index (χ2n) is 7.72. The molecule has 2 aromatic heterocycles. The van der Waals surface area contributed by atoms with E-state index >= 15 is 0 Å². The number of rotatable bonds is 6. The van der Waals surface area contributed by atoms with E-state index in [1.54, 1.807) is 36.5 Å². The molecule has 0 saturated heterocycles. The van der Waals surface area contributed by atoms with Crippen molar-refractivity contribution in [3.8, 4) is 11.4 Å². The number of esters is 1. The van der Waals surface area contributed by atoms with E-state index < -0.39 is 5.97 Å². The summed E-state index contributed by atoms with van der Waals surface area (Å²) in [7, 11) is 0. The van der Waals surface area contributed by atoms with Crippen LogP contribution in [0.3, 0.4) is 0 Å². The Hall–Kier alpha value is -3.90. The lowest BCUT2D eigenvalue weighted by atomic mass is 10.1. The molecule has 33 heavy (non-hydrogen) atoms. The lowest BCUT2D eigenvalue weighted by Crippen LogP contribution is -2.14. The standard InChI is InChI=1S/C26H20ClN3O3/c1-2-15-4-3-5-19-20(13-28-24(15)19)23(31)14-33-26(32)17-8-11-21-22(12-17)30-25(29-21)16-6-9-18(27)10-7-16/h3-13,28H,2,14H2,1H3,(H,29,30). The molecule has 164 valence electrons. The maximum absolute atomic E-state index is 12.7. The van der Waals surface area contributed by atoms with Gasteiger partial charge in [-0.25, -0.2) is 9.78 Å². The number of aryl methyl sites for hydroxylation is 1. The molecule has 2 heterocycles. The van der Waals surface area contributed by atoms with E-state index in [4.69, 9.17) is 16.3 Å². The number of Topliss-reactive ketones (excluding diaryl/α,β-unsaturated/α-hetero) is 1. The lowest BCUT2D eigenvalue weighted by Gasteiger charge is -2.04. The van der Waals surface area contributed by atoms with E-state index in [1.807, 2.05) is 30.3 Å². The predicted molar refractivity (Wildman–Crippen MR) is 129 cm³/mol. The van der Waals surface area contributed by atoms with Gasteiger partial charge in [0.05, 0.1) is 16.6 Å². The van der Waals surface area contributed by atoms with Gasteiger partial charge in [-0.15, -0.1) is 0 Å². The number of ether oxygens (including phenoxy) is 1. The number of H-pyrrole nitrogens is 2. The number of benzene rings is 3. The van der Waals surface area contributed by atoms with Gasteiger partial charge in [0, 0.05) is 33.2 Å². The van der Waals surface area contributed by atoms with Gasteiger partial charge in [0.2, 0.25) is 5.78 Å². The average molecular weight is 458 g/mol. The molecule has 0 unspecified atom stereocenters. The van der Waals surface area contributed by atoms with Gasteiger partial charge in [0.15, 0.2) is 6.61 Å². The maximum Gasteiger partial charge on any atom is 0.338 e. The lowest BCUT2D eigenvalue weighted by molar-refractivity contribution is 0.0475. The van der Waals surface area contributed by atoms with Crippen LogP contribution in [-0.4, -0.2) is 33.3 Å². The molecular formula is C26H20ClN3O3. The largest absolute Gasteiger partial charge is 0.454 e. The highest BCUT2D eigenvalue weighted by atomic mass is 35.5. The van der Waals surface area contributed by atoms with Crippen molar-refractivity contribution in [2.75, 3.05) is 6.61 Å². The second kappa shape index (κ2) is 8.56. The van der Waals surface area contributed by atoms with E-state index in [9.17, 15) is 9.59 Å². The molecule has 2 N–H and O–H groups in total. The van der Waals surface area contributed by atoms with Crippen molar-refractivity contribution in [2.24, 2.45) is 0 Å². The van der Waals surface area contributed by atoms with E-state index in [0.29, 0.717) is 27.5 Å². The fourth-order valence-electron chi connectivity index (χ4n) is 3.92. The number of aromatic amines is 2. The summed E-state index contributed by atoms with van der Waals surface area (Å²) in [6.45, 7) is 1.73. The summed E-state index contributed by atoms with van der Waals surface area (Å²) in [6.07, 6.45) is 2.53. The Kier molecular flexibility index (Phi) is 5.44. The number of aromatic nitrogens is 3. The summed E-state index contributed by atoms with van der Waals surface area (Å²) in [5, 5.41) is 1.48. The van der Waals surface area contributed by atoms with Crippen molar-refractivity contribution in [1.29, 1.82) is 0 Å². The molecule has 6 nitrogen and oxygen atoms in total. The monoisotopic (exact) mass is 457 g/mol. The van der Waals surface area contributed by atoms with Crippen molar-refractivity contribution in [1.82, 2.24) is 15.0 Å². The summed E-state index contributed by atoms with van der Waals surface area (Å²) in [5.74, 6) is -0.148. The van der Waals surface area contributed by atoms with Crippen LogP contribution in [0.25, 0.3) is 33.3 Å². The Bertz CT molecular complexity index is 1500. The summed E-state index contributed by atoms with van der Waals surface area (Å²) in [4.78, 5) is 36.3. The molecule has 0 atom stereocenters. The van der Waals surface area contributed by atoms with Gasteiger partial charge in [0.1, 0.15) is 5.82 Å². The molecule has 0 spiro atoms. The number of imidazole rings is 1.